The molecule has 36 heavy (non-hydrogen) atoms. The first-order valence-electron chi connectivity index (χ1n) is 12.6. The van der Waals surface area contributed by atoms with Gasteiger partial charge in [-0.2, -0.15) is 0 Å². The first-order chi connectivity index (χ1) is 17.5. The van der Waals surface area contributed by atoms with E-state index in [9.17, 15) is 4.79 Å². The molecule has 1 aromatic heterocycles. The summed E-state index contributed by atoms with van der Waals surface area (Å²) in [5, 5.41) is 4.95. The van der Waals surface area contributed by atoms with E-state index in [1.54, 1.807) is 20.3 Å². The van der Waals surface area contributed by atoms with Gasteiger partial charge < -0.3 is 29.6 Å². The van der Waals surface area contributed by atoms with Crippen LogP contribution in [0.15, 0.2) is 53.3 Å². The van der Waals surface area contributed by atoms with E-state index in [0.29, 0.717) is 34.2 Å². The number of nitrogens with zero attached hydrogens (tertiary/aromatic N) is 2. The molecule has 0 spiro atoms. The lowest BCUT2D eigenvalue weighted by Gasteiger charge is -2.27. The minimum atomic E-state index is -0.129. The molecule has 3 aromatic rings. The molecule has 0 fully saturated rings. The Morgan fingerprint density at radius 3 is 2.36 bits per heavy atom. The predicted octanol–water partition coefficient (Wildman–Crippen LogP) is 4.20. The van der Waals surface area contributed by atoms with E-state index in [4.69, 9.17) is 21.7 Å². The maximum absolute atomic E-state index is 13.0. The van der Waals surface area contributed by atoms with Crippen LogP contribution in [0.3, 0.4) is 0 Å². The number of ether oxygens (including phenoxy) is 2. The van der Waals surface area contributed by atoms with E-state index in [2.05, 4.69) is 46.1 Å². The Morgan fingerprint density at radius 2 is 1.69 bits per heavy atom. The third-order valence-electron chi connectivity index (χ3n) is 6.40. The molecular formula is C28H38N4O3S. The standard InChI is InChI=1S/C28H38N4O3S/c1-5-31(6-2)15-10-16-32(28(36)29-14-13-21-11-8-7-9-12-21)20-23-17-22-18-25(34-3)26(35-4)19-24(22)30-27(23)33/h7-9,11-12,17-19H,5-6,10,13-16,20H2,1-4H3,(H,29,36)(H,30,33). The highest BCUT2D eigenvalue weighted by molar-refractivity contribution is 7.80. The summed E-state index contributed by atoms with van der Waals surface area (Å²) in [5.41, 5.74) is 2.49. The minimum absolute atomic E-state index is 0.129. The number of nitrogens with one attached hydrogen (secondary N) is 2. The molecule has 1 heterocycles. The molecule has 0 unspecified atom stereocenters. The van der Waals surface area contributed by atoms with Crippen molar-refractivity contribution in [3.8, 4) is 11.5 Å². The molecule has 2 aromatic carbocycles. The normalized spacial score (nSPS) is 11.0. The number of thiocarbonyl (C=S) groups is 1. The van der Waals surface area contributed by atoms with Crippen LogP contribution < -0.4 is 20.3 Å². The number of aromatic amines is 1. The van der Waals surface area contributed by atoms with Crippen molar-refractivity contribution in [3.63, 3.8) is 0 Å². The summed E-state index contributed by atoms with van der Waals surface area (Å²) < 4.78 is 10.8. The third kappa shape index (κ3) is 7.45. The zero-order valence-electron chi connectivity index (χ0n) is 21.8. The van der Waals surface area contributed by atoms with Gasteiger partial charge in [0.25, 0.3) is 5.56 Å². The lowest BCUT2D eigenvalue weighted by molar-refractivity contribution is 0.279. The number of hydrogen-bond acceptors (Lipinski definition) is 5. The highest BCUT2D eigenvalue weighted by Gasteiger charge is 2.15. The summed E-state index contributed by atoms with van der Waals surface area (Å²) in [5.74, 6) is 1.20. The summed E-state index contributed by atoms with van der Waals surface area (Å²) in [7, 11) is 3.19. The van der Waals surface area contributed by atoms with Gasteiger partial charge in [0, 0.05) is 30.1 Å². The van der Waals surface area contributed by atoms with Crippen LogP contribution in [0.4, 0.5) is 0 Å². The van der Waals surface area contributed by atoms with Crippen molar-refractivity contribution in [1.29, 1.82) is 0 Å². The van der Waals surface area contributed by atoms with Gasteiger partial charge in [0.05, 0.1) is 26.3 Å². The molecular weight excluding hydrogens is 472 g/mol. The van der Waals surface area contributed by atoms with Crippen LogP contribution in [-0.4, -0.2) is 66.8 Å². The number of benzene rings is 2. The molecule has 194 valence electrons. The molecule has 8 heteroatoms. The second-order valence-corrected chi connectivity index (χ2v) is 9.07. The molecule has 7 nitrogen and oxygen atoms in total. The van der Waals surface area contributed by atoms with E-state index in [-0.39, 0.29) is 5.56 Å². The van der Waals surface area contributed by atoms with E-state index in [1.807, 2.05) is 30.3 Å². The molecule has 0 aliphatic rings. The zero-order chi connectivity index (χ0) is 25.9. The Hall–Kier alpha value is -3.10. The Labute approximate surface area is 219 Å². The number of hydrogen-bond donors (Lipinski definition) is 2. The van der Waals surface area contributed by atoms with E-state index >= 15 is 0 Å². The number of aromatic nitrogens is 1. The van der Waals surface area contributed by atoms with Crippen LogP contribution >= 0.6 is 12.2 Å². The van der Waals surface area contributed by atoms with Crippen LogP contribution in [0.1, 0.15) is 31.4 Å². The second-order valence-electron chi connectivity index (χ2n) is 8.69. The first kappa shape index (κ1) is 27.5. The predicted molar refractivity (Wildman–Crippen MR) is 151 cm³/mol. The van der Waals surface area contributed by atoms with Crippen molar-refractivity contribution in [2.75, 3.05) is 46.9 Å². The number of fused-ring (bicyclic) bond motifs is 1. The fourth-order valence-corrected chi connectivity index (χ4v) is 4.51. The molecule has 2 N–H and O–H groups in total. The smallest absolute Gasteiger partial charge is 0.253 e. The monoisotopic (exact) mass is 510 g/mol. The van der Waals surface area contributed by atoms with Gasteiger partial charge in [-0.15, -0.1) is 0 Å². The lowest BCUT2D eigenvalue weighted by Crippen LogP contribution is -2.42. The quantitative estimate of drug-likeness (QED) is 0.334. The molecule has 0 atom stereocenters. The average Bonchev–Trinajstić information content (AvgIpc) is 2.90. The number of rotatable bonds is 13. The van der Waals surface area contributed by atoms with Gasteiger partial charge in [-0.25, -0.2) is 0 Å². The van der Waals surface area contributed by atoms with Gasteiger partial charge in [0.15, 0.2) is 16.6 Å². The molecule has 0 amide bonds. The van der Waals surface area contributed by atoms with Gasteiger partial charge in [0.2, 0.25) is 0 Å². The highest BCUT2D eigenvalue weighted by Crippen LogP contribution is 2.31. The fourth-order valence-electron chi connectivity index (χ4n) is 4.25. The minimum Gasteiger partial charge on any atom is -0.493 e. The molecule has 3 rings (SSSR count). The largest absolute Gasteiger partial charge is 0.493 e. The topological polar surface area (TPSA) is 69.8 Å². The van der Waals surface area contributed by atoms with Crippen LogP contribution in [0.5, 0.6) is 11.5 Å². The van der Waals surface area contributed by atoms with Crippen LogP contribution in [0.25, 0.3) is 10.9 Å². The Kier molecular flexibility index (Phi) is 10.6. The zero-order valence-corrected chi connectivity index (χ0v) is 22.6. The summed E-state index contributed by atoms with van der Waals surface area (Å²) in [6.45, 7) is 9.30. The Morgan fingerprint density at radius 1 is 1.00 bits per heavy atom. The maximum Gasteiger partial charge on any atom is 0.253 e. The molecule has 0 aliphatic carbocycles. The van der Waals surface area contributed by atoms with Crippen LogP contribution in [0, 0.1) is 0 Å². The van der Waals surface area contributed by atoms with Crippen molar-refractivity contribution in [2.24, 2.45) is 0 Å². The van der Waals surface area contributed by atoms with E-state index in [1.165, 1.54) is 5.56 Å². The van der Waals surface area contributed by atoms with Gasteiger partial charge in [0.1, 0.15) is 0 Å². The van der Waals surface area contributed by atoms with Gasteiger partial charge in [-0.05, 0) is 62.4 Å². The average molecular weight is 511 g/mol. The van der Waals surface area contributed by atoms with E-state index in [0.717, 1.165) is 51.0 Å². The SMILES string of the molecule is CCN(CC)CCCN(Cc1cc2cc(OC)c(OC)cc2[nH]c1=O)C(=S)NCCc1ccccc1. The van der Waals surface area contributed by atoms with Gasteiger partial charge in [-0.3, -0.25) is 4.79 Å². The molecule has 0 saturated carbocycles. The molecule has 0 aliphatic heterocycles. The highest BCUT2D eigenvalue weighted by atomic mass is 32.1. The third-order valence-corrected chi connectivity index (χ3v) is 6.81. The fraction of sp³-hybridized carbons (Fsp3) is 0.429. The van der Waals surface area contributed by atoms with Crippen LogP contribution in [0.2, 0.25) is 0 Å². The van der Waals surface area contributed by atoms with Gasteiger partial charge in [-0.1, -0.05) is 44.2 Å². The Balaban J connectivity index is 1.77. The van der Waals surface area contributed by atoms with Crippen molar-refractivity contribution >= 4 is 28.2 Å². The van der Waals surface area contributed by atoms with Crippen molar-refractivity contribution < 1.29 is 9.47 Å². The summed E-state index contributed by atoms with van der Waals surface area (Å²) in [6.07, 6.45) is 1.84. The molecule has 0 saturated heterocycles. The lowest BCUT2D eigenvalue weighted by atomic mass is 10.1. The van der Waals surface area contributed by atoms with Crippen molar-refractivity contribution in [3.05, 3.63) is 70.0 Å². The van der Waals surface area contributed by atoms with Crippen molar-refractivity contribution in [1.82, 2.24) is 20.1 Å². The maximum atomic E-state index is 13.0. The molecule has 0 radical (unpaired) electrons. The second kappa shape index (κ2) is 13.8. The Bertz CT molecular complexity index is 1180. The van der Waals surface area contributed by atoms with E-state index < -0.39 is 0 Å². The van der Waals surface area contributed by atoms with Crippen LogP contribution in [-0.2, 0) is 13.0 Å². The number of pyridine rings is 1. The summed E-state index contributed by atoms with van der Waals surface area (Å²) in [4.78, 5) is 20.5. The molecule has 0 bridgehead atoms. The van der Waals surface area contributed by atoms with Crippen molar-refractivity contribution in [2.45, 2.75) is 33.2 Å². The number of H-pyrrole nitrogens is 1. The number of methoxy groups -OCH3 is 2. The summed E-state index contributed by atoms with van der Waals surface area (Å²) in [6, 6.07) is 15.9. The summed E-state index contributed by atoms with van der Waals surface area (Å²) >= 11 is 5.79. The first-order valence-corrected chi connectivity index (χ1v) is 13.0. The van der Waals surface area contributed by atoms with Gasteiger partial charge >= 0.3 is 0 Å².